The lowest BCUT2D eigenvalue weighted by atomic mass is 9.93. The van der Waals surface area contributed by atoms with Gasteiger partial charge in [0, 0.05) is 11.1 Å². The van der Waals surface area contributed by atoms with E-state index in [1.54, 1.807) is 74.5 Å². The zero-order valence-electron chi connectivity index (χ0n) is 27.6. The van der Waals surface area contributed by atoms with Gasteiger partial charge in [0.15, 0.2) is 16.3 Å². The van der Waals surface area contributed by atoms with E-state index in [1.807, 2.05) is 30.3 Å². The number of hydrogen-bond acceptors (Lipinski definition) is 9. The minimum Gasteiger partial charge on any atom is -0.493 e. The summed E-state index contributed by atoms with van der Waals surface area (Å²) in [5.41, 5.74) is 3.12. The van der Waals surface area contributed by atoms with Crippen molar-refractivity contribution in [1.82, 2.24) is 4.57 Å². The molecule has 0 saturated heterocycles. The van der Waals surface area contributed by atoms with E-state index in [1.165, 1.54) is 23.8 Å². The molecule has 1 aromatic heterocycles. The van der Waals surface area contributed by atoms with Crippen molar-refractivity contribution in [1.29, 1.82) is 0 Å². The first-order chi connectivity index (χ1) is 24.3. The van der Waals surface area contributed by atoms with Crippen molar-refractivity contribution in [2.45, 2.75) is 26.5 Å². The molecule has 0 saturated carbocycles. The van der Waals surface area contributed by atoms with Crippen LogP contribution in [0.3, 0.4) is 0 Å². The maximum absolute atomic E-state index is 14.3. The highest BCUT2D eigenvalue weighted by molar-refractivity contribution is 7.07. The van der Waals surface area contributed by atoms with Crippen LogP contribution in [0.4, 0.5) is 4.39 Å². The summed E-state index contributed by atoms with van der Waals surface area (Å²) < 4.78 is 38.3. The van der Waals surface area contributed by atoms with Gasteiger partial charge in [-0.2, -0.15) is 0 Å². The van der Waals surface area contributed by atoms with Gasteiger partial charge in [0.1, 0.15) is 12.4 Å². The molecule has 0 spiro atoms. The molecule has 0 N–H and O–H groups in total. The van der Waals surface area contributed by atoms with E-state index in [-0.39, 0.29) is 25.4 Å². The maximum Gasteiger partial charge on any atom is 0.338 e. The molecule has 0 bridgehead atoms. The summed E-state index contributed by atoms with van der Waals surface area (Å²) in [6.45, 7) is 4.00. The lowest BCUT2D eigenvalue weighted by molar-refractivity contribution is -0.138. The molecule has 0 unspecified atom stereocenters. The van der Waals surface area contributed by atoms with Gasteiger partial charge in [-0.15, -0.1) is 0 Å². The van der Waals surface area contributed by atoms with Crippen molar-refractivity contribution < 1.29 is 32.9 Å². The van der Waals surface area contributed by atoms with Crippen LogP contribution in [0.15, 0.2) is 112 Å². The molecule has 11 heteroatoms. The lowest BCUT2D eigenvalue weighted by Gasteiger charge is -2.25. The van der Waals surface area contributed by atoms with Gasteiger partial charge in [-0.05, 0) is 61.4 Å². The fourth-order valence-electron chi connectivity index (χ4n) is 5.61. The van der Waals surface area contributed by atoms with Crippen LogP contribution >= 0.6 is 11.3 Å². The zero-order chi connectivity index (χ0) is 35.2. The maximum atomic E-state index is 14.3. The molecule has 0 fully saturated rings. The standard InChI is InChI=1S/C39H33FN2O7S/c1-4-47-37(44)27-16-14-24(15-17-27)23-49-35-28(12-9-13-30(35)46-3)22-31-36(43)42-34(26-18-20-29(40)21-19-26)32(38(45)48-5-2)33(41-39(42)50-31)25-10-7-6-8-11-25/h6-22,34H,4-5,23H2,1-3H3/b31-22-/t34-/m1/s1. The Morgan fingerprint density at radius 3 is 2.26 bits per heavy atom. The van der Waals surface area contributed by atoms with Gasteiger partial charge in [-0.25, -0.2) is 19.0 Å². The smallest absolute Gasteiger partial charge is 0.338 e. The Kier molecular flexibility index (Phi) is 10.3. The van der Waals surface area contributed by atoms with Crippen LogP contribution in [0, 0.1) is 5.82 Å². The van der Waals surface area contributed by atoms with Crippen molar-refractivity contribution in [3.05, 3.63) is 156 Å². The number of nitrogens with zero attached hydrogens (tertiary/aromatic N) is 2. The van der Waals surface area contributed by atoms with E-state index < -0.39 is 29.4 Å². The van der Waals surface area contributed by atoms with Crippen molar-refractivity contribution >= 4 is 35.0 Å². The molecule has 50 heavy (non-hydrogen) atoms. The molecule has 9 nitrogen and oxygen atoms in total. The van der Waals surface area contributed by atoms with Crippen molar-refractivity contribution in [3.63, 3.8) is 0 Å². The van der Waals surface area contributed by atoms with Gasteiger partial charge in [0.05, 0.1) is 47.7 Å². The number of fused-ring (bicyclic) bond motifs is 1. The predicted octanol–water partition coefficient (Wildman–Crippen LogP) is 5.84. The van der Waals surface area contributed by atoms with Crippen LogP contribution in [-0.2, 0) is 20.9 Å². The lowest BCUT2D eigenvalue weighted by Crippen LogP contribution is -2.40. The Morgan fingerprint density at radius 2 is 1.58 bits per heavy atom. The fourth-order valence-corrected chi connectivity index (χ4v) is 6.60. The molecular weight excluding hydrogens is 660 g/mol. The van der Waals surface area contributed by atoms with E-state index >= 15 is 0 Å². The number of para-hydroxylation sites is 1. The fraction of sp³-hybridized carbons (Fsp3) is 0.179. The number of carbonyl (C=O) groups is 2. The first-order valence-electron chi connectivity index (χ1n) is 15.9. The number of carbonyl (C=O) groups excluding carboxylic acids is 2. The second-order valence-electron chi connectivity index (χ2n) is 11.1. The molecule has 0 aliphatic carbocycles. The highest BCUT2D eigenvalue weighted by Gasteiger charge is 2.35. The molecule has 2 heterocycles. The molecule has 254 valence electrons. The molecule has 0 radical (unpaired) electrons. The summed E-state index contributed by atoms with van der Waals surface area (Å²) in [6.07, 6.45) is 1.70. The topological polar surface area (TPSA) is 105 Å². The number of benzene rings is 4. The third-order valence-electron chi connectivity index (χ3n) is 7.92. The average molecular weight is 693 g/mol. The van der Waals surface area contributed by atoms with Gasteiger partial charge in [0.25, 0.3) is 5.56 Å². The van der Waals surface area contributed by atoms with Crippen molar-refractivity contribution in [3.8, 4) is 11.5 Å². The Hall–Kier alpha value is -5.81. The molecule has 4 aromatic carbocycles. The summed E-state index contributed by atoms with van der Waals surface area (Å²) in [4.78, 5) is 45.3. The van der Waals surface area contributed by atoms with E-state index in [0.717, 1.165) is 16.9 Å². The number of thiazole rings is 1. The minimum absolute atomic E-state index is 0.110. The number of rotatable bonds is 11. The molecular formula is C39H33FN2O7S. The highest BCUT2D eigenvalue weighted by Crippen LogP contribution is 2.36. The Bertz CT molecular complexity index is 2240. The van der Waals surface area contributed by atoms with Crippen LogP contribution < -0.4 is 24.4 Å². The minimum atomic E-state index is -0.943. The number of esters is 2. The van der Waals surface area contributed by atoms with Crippen LogP contribution in [0.5, 0.6) is 11.5 Å². The van der Waals surface area contributed by atoms with Gasteiger partial charge in [0.2, 0.25) is 0 Å². The first kappa shape index (κ1) is 34.1. The molecule has 6 rings (SSSR count). The van der Waals surface area contributed by atoms with E-state index in [4.69, 9.17) is 23.9 Å². The Balaban J connectivity index is 1.47. The third-order valence-corrected chi connectivity index (χ3v) is 8.91. The summed E-state index contributed by atoms with van der Waals surface area (Å²) in [5, 5.41) is 0. The quantitative estimate of drug-likeness (QED) is 0.160. The number of hydrogen-bond donors (Lipinski definition) is 0. The second kappa shape index (κ2) is 15.2. The average Bonchev–Trinajstić information content (AvgIpc) is 3.45. The number of ether oxygens (including phenoxy) is 4. The molecule has 0 amide bonds. The van der Waals surface area contributed by atoms with Crippen LogP contribution in [0.2, 0.25) is 0 Å². The normalized spacial score (nSPS) is 14.1. The molecule has 5 aromatic rings. The SMILES string of the molecule is CCOC(=O)C1=C(c2ccccc2)N=c2s/c(=C\c3cccc(OC)c3OCc3ccc(C(=O)OCC)cc3)c(=O)n2[C@@H]1c1ccc(F)cc1. The Labute approximate surface area is 291 Å². The number of aromatic nitrogens is 1. The summed E-state index contributed by atoms with van der Waals surface area (Å²) in [7, 11) is 1.53. The van der Waals surface area contributed by atoms with Crippen LogP contribution in [0.1, 0.15) is 52.5 Å². The molecule has 1 aliphatic heterocycles. The second-order valence-corrected chi connectivity index (χ2v) is 12.1. The van der Waals surface area contributed by atoms with Gasteiger partial charge >= 0.3 is 11.9 Å². The van der Waals surface area contributed by atoms with Gasteiger partial charge in [-0.3, -0.25) is 9.36 Å². The van der Waals surface area contributed by atoms with E-state index in [2.05, 4.69) is 0 Å². The van der Waals surface area contributed by atoms with Gasteiger partial charge in [-0.1, -0.05) is 78.1 Å². The Morgan fingerprint density at radius 1 is 0.880 bits per heavy atom. The van der Waals surface area contributed by atoms with Gasteiger partial charge < -0.3 is 18.9 Å². The number of halogens is 1. The summed E-state index contributed by atoms with van der Waals surface area (Å²) in [5.74, 6) is -0.623. The summed E-state index contributed by atoms with van der Waals surface area (Å²) in [6, 6.07) is 26.2. The zero-order valence-corrected chi connectivity index (χ0v) is 28.4. The van der Waals surface area contributed by atoms with Crippen molar-refractivity contribution in [2.24, 2.45) is 4.99 Å². The largest absolute Gasteiger partial charge is 0.493 e. The highest BCUT2D eigenvalue weighted by atomic mass is 32.1. The number of methoxy groups -OCH3 is 1. The van der Waals surface area contributed by atoms with E-state index in [9.17, 15) is 18.8 Å². The molecule has 1 aliphatic rings. The van der Waals surface area contributed by atoms with E-state index in [0.29, 0.717) is 48.8 Å². The van der Waals surface area contributed by atoms with Crippen LogP contribution in [0.25, 0.3) is 11.8 Å². The van der Waals surface area contributed by atoms with Crippen LogP contribution in [-0.4, -0.2) is 36.8 Å². The van der Waals surface area contributed by atoms with Crippen molar-refractivity contribution in [2.75, 3.05) is 20.3 Å². The molecule has 1 atom stereocenters. The monoisotopic (exact) mass is 692 g/mol. The third kappa shape index (κ3) is 6.99. The summed E-state index contributed by atoms with van der Waals surface area (Å²) >= 11 is 1.16. The first-order valence-corrected chi connectivity index (χ1v) is 16.7. The predicted molar refractivity (Wildman–Crippen MR) is 187 cm³/mol.